The van der Waals surface area contributed by atoms with Crippen molar-refractivity contribution in [2.75, 3.05) is 6.61 Å². The van der Waals surface area contributed by atoms with Crippen molar-refractivity contribution >= 4 is 29.4 Å². The Morgan fingerprint density at radius 3 is 2.52 bits per heavy atom. The molecule has 3 aromatic rings. The average molecular weight is 415 g/mol. The number of nitrogens with one attached hydrogen (secondary N) is 1. The highest BCUT2D eigenvalue weighted by Crippen LogP contribution is 2.21. The van der Waals surface area contributed by atoms with E-state index in [2.05, 4.69) is 10.4 Å². The predicted octanol–water partition coefficient (Wildman–Crippen LogP) is 2.35. The fourth-order valence-electron chi connectivity index (χ4n) is 2.77. The van der Waals surface area contributed by atoms with Gasteiger partial charge in [-0.2, -0.15) is 5.10 Å². The number of rotatable bonds is 6. The molecule has 1 N–H and O–H groups in total. The largest absolute Gasteiger partial charge is 0.452 e. The van der Waals surface area contributed by atoms with Crippen molar-refractivity contribution in [3.05, 3.63) is 76.3 Å². The van der Waals surface area contributed by atoms with Crippen molar-refractivity contribution in [2.45, 2.75) is 13.5 Å². The molecule has 0 aliphatic rings. The molecule has 0 bridgehead atoms. The zero-order valence-electron chi connectivity index (χ0n) is 15.9. The fourth-order valence-corrected chi connectivity index (χ4v) is 3.08. The molecule has 2 amide bonds. The number of benzene rings is 1. The lowest BCUT2D eigenvalue weighted by Crippen LogP contribution is -2.35. The smallest absolute Gasteiger partial charge is 0.343 e. The van der Waals surface area contributed by atoms with Crippen LogP contribution < -0.4 is 5.32 Å². The van der Waals surface area contributed by atoms with E-state index in [1.165, 1.54) is 4.68 Å². The number of hydrogen-bond donors (Lipinski definition) is 1. The molecule has 0 spiro atoms. The maximum absolute atomic E-state index is 12.4. The molecule has 0 aliphatic heterocycles. The second kappa shape index (κ2) is 8.74. The van der Waals surface area contributed by atoms with E-state index in [4.69, 9.17) is 16.3 Å². The predicted molar refractivity (Wildman–Crippen MR) is 106 cm³/mol. The Morgan fingerprint density at radius 1 is 1.14 bits per heavy atom. The Kier molecular flexibility index (Phi) is 6.13. The van der Waals surface area contributed by atoms with Crippen LogP contribution in [0.1, 0.15) is 32.1 Å². The third-order valence-electron chi connectivity index (χ3n) is 4.21. The number of carbonyl (C=O) groups is 3. The molecule has 9 heteroatoms. The minimum atomic E-state index is -0.784. The van der Waals surface area contributed by atoms with E-state index in [0.717, 1.165) is 5.56 Å². The van der Waals surface area contributed by atoms with Gasteiger partial charge in [-0.15, -0.1) is 0 Å². The van der Waals surface area contributed by atoms with Crippen molar-refractivity contribution in [2.24, 2.45) is 7.05 Å². The number of imide groups is 1. The Labute approximate surface area is 172 Å². The maximum atomic E-state index is 12.4. The van der Waals surface area contributed by atoms with Gasteiger partial charge in [0.2, 0.25) is 0 Å². The van der Waals surface area contributed by atoms with Crippen LogP contribution in [-0.2, 0) is 23.1 Å². The number of ether oxygens (including phenoxy) is 1. The SMILES string of the molecule is Cc1nn(Cc2ccccc2)c(Cl)c1C(=O)OCC(=O)NC(=O)c1cccn1C. The van der Waals surface area contributed by atoms with Crippen LogP contribution in [0.2, 0.25) is 5.15 Å². The lowest BCUT2D eigenvalue weighted by Gasteiger charge is -2.07. The highest BCUT2D eigenvalue weighted by Gasteiger charge is 2.23. The van der Waals surface area contributed by atoms with Gasteiger partial charge >= 0.3 is 5.97 Å². The summed E-state index contributed by atoms with van der Waals surface area (Å²) in [5.41, 5.74) is 1.75. The first kappa shape index (κ1) is 20.3. The zero-order valence-corrected chi connectivity index (χ0v) is 16.6. The third kappa shape index (κ3) is 4.72. The van der Waals surface area contributed by atoms with Crippen LogP contribution >= 0.6 is 11.6 Å². The second-order valence-corrected chi connectivity index (χ2v) is 6.71. The molecule has 0 fully saturated rings. The molecule has 0 saturated carbocycles. The lowest BCUT2D eigenvalue weighted by molar-refractivity contribution is -0.123. The summed E-state index contributed by atoms with van der Waals surface area (Å²) in [4.78, 5) is 36.3. The molecule has 2 aromatic heterocycles. The summed E-state index contributed by atoms with van der Waals surface area (Å²) in [6, 6.07) is 12.8. The summed E-state index contributed by atoms with van der Waals surface area (Å²) in [7, 11) is 1.68. The van der Waals surface area contributed by atoms with Crippen molar-refractivity contribution in [1.82, 2.24) is 19.7 Å². The summed E-state index contributed by atoms with van der Waals surface area (Å²) in [5, 5.41) is 6.56. The van der Waals surface area contributed by atoms with Crippen molar-refractivity contribution in [3.8, 4) is 0 Å². The highest BCUT2D eigenvalue weighted by atomic mass is 35.5. The van der Waals surface area contributed by atoms with E-state index >= 15 is 0 Å². The standard InChI is InChI=1S/C20H19ClN4O4/c1-13-17(18(21)25(23-13)11-14-7-4-3-5-8-14)20(28)29-12-16(26)22-19(27)15-9-6-10-24(15)2/h3-10H,11-12H2,1-2H3,(H,22,26,27). The topological polar surface area (TPSA) is 95.2 Å². The monoisotopic (exact) mass is 414 g/mol. The summed E-state index contributed by atoms with van der Waals surface area (Å²) >= 11 is 6.30. The van der Waals surface area contributed by atoms with Crippen LogP contribution in [0.25, 0.3) is 0 Å². The summed E-state index contributed by atoms with van der Waals surface area (Å²) in [6.45, 7) is 1.40. The van der Waals surface area contributed by atoms with E-state index in [1.54, 1.807) is 36.9 Å². The minimum absolute atomic E-state index is 0.0872. The molecule has 1 aromatic carbocycles. The molecular weight excluding hydrogens is 396 g/mol. The van der Waals surface area contributed by atoms with Crippen molar-refractivity contribution in [3.63, 3.8) is 0 Å². The van der Waals surface area contributed by atoms with Gasteiger partial charge in [-0.05, 0) is 24.6 Å². The van der Waals surface area contributed by atoms with Crippen LogP contribution in [0.15, 0.2) is 48.7 Å². The number of aryl methyl sites for hydroxylation is 2. The second-order valence-electron chi connectivity index (χ2n) is 6.35. The first-order chi connectivity index (χ1) is 13.9. The average Bonchev–Trinajstić information content (AvgIpc) is 3.23. The van der Waals surface area contributed by atoms with E-state index < -0.39 is 24.4 Å². The summed E-state index contributed by atoms with van der Waals surface area (Å²) in [6.07, 6.45) is 1.68. The number of hydrogen-bond acceptors (Lipinski definition) is 5. The number of halogens is 1. The van der Waals surface area contributed by atoms with Gasteiger partial charge in [0.15, 0.2) is 6.61 Å². The molecule has 8 nitrogen and oxygen atoms in total. The minimum Gasteiger partial charge on any atom is -0.452 e. The number of aromatic nitrogens is 3. The number of esters is 1. The van der Waals surface area contributed by atoms with E-state index in [-0.39, 0.29) is 10.7 Å². The van der Waals surface area contributed by atoms with Gasteiger partial charge < -0.3 is 9.30 Å². The Morgan fingerprint density at radius 2 is 1.86 bits per heavy atom. The van der Waals surface area contributed by atoms with E-state index in [9.17, 15) is 14.4 Å². The molecule has 2 heterocycles. The summed E-state index contributed by atoms with van der Waals surface area (Å²) in [5.74, 6) is -2.10. The highest BCUT2D eigenvalue weighted by molar-refractivity contribution is 6.32. The number of nitrogens with zero attached hydrogens (tertiary/aromatic N) is 3. The molecular formula is C20H19ClN4O4. The van der Waals surface area contributed by atoms with Crippen molar-refractivity contribution < 1.29 is 19.1 Å². The van der Waals surface area contributed by atoms with Crippen LogP contribution in [0, 0.1) is 6.92 Å². The van der Waals surface area contributed by atoms with Gasteiger partial charge in [-0.1, -0.05) is 41.9 Å². The normalized spacial score (nSPS) is 10.6. The molecule has 3 rings (SSSR count). The van der Waals surface area contributed by atoms with Gasteiger partial charge in [0.25, 0.3) is 11.8 Å². The maximum Gasteiger partial charge on any atom is 0.343 e. The lowest BCUT2D eigenvalue weighted by atomic mass is 10.2. The third-order valence-corrected chi connectivity index (χ3v) is 4.59. The Balaban J connectivity index is 1.61. The molecule has 0 atom stereocenters. The first-order valence-electron chi connectivity index (χ1n) is 8.76. The van der Waals surface area contributed by atoms with Gasteiger partial charge in [-0.3, -0.25) is 14.9 Å². The van der Waals surface area contributed by atoms with Crippen LogP contribution in [-0.4, -0.2) is 38.7 Å². The first-order valence-corrected chi connectivity index (χ1v) is 9.14. The van der Waals surface area contributed by atoms with Gasteiger partial charge in [0.05, 0.1) is 12.2 Å². The van der Waals surface area contributed by atoms with Gasteiger partial charge in [0, 0.05) is 13.2 Å². The number of carbonyl (C=O) groups excluding carboxylic acids is 3. The van der Waals surface area contributed by atoms with Crippen molar-refractivity contribution in [1.29, 1.82) is 0 Å². The van der Waals surface area contributed by atoms with E-state index in [0.29, 0.717) is 17.9 Å². The molecule has 0 radical (unpaired) electrons. The fraction of sp³-hybridized carbons (Fsp3) is 0.200. The van der Waals surface area contributed by atoms with Crippen LogP contribution in [0.3, 0.4) is 0 Å². The molecule has 0 unspecified atom stereocenters. The summed E-state index contributed by atoms with van der Waals surface area (Å²) < 4.78 is 8.07. The molecule has 0 saturated heterocycles. The van der Waals surface area contributed by atoms with Gasteiger partial charge in [0.1, 0.15) is 16.4 Å². The van der Waals surface area contributed by atoms with Crippen LogP contribution in [0.5, 0.6) is 0 Å². The van der Waals surface area contributed by atoms with Crippen LogP contribution in [0.4, 0.5) is 0 Å². The quantitative estimate of drug-likeness (QED) is 0.625. The van der Waals surface area contributed by atoms with Gasteiger partial charge in [-0.25, -0.2) is 9.48 Å². The zero-order chi connectivity index (χ0) is 21.0. The Hall–Kier alpha value is -3.39. The Bertz CT molecular complexity index is 1060. The molecule has 29 heavy (non-hydrogen) atoms. The number of amides is 2. The molecule has 150 valence electrons. The van der Waals surface area contributed by atoms with E-state index in [1.807, 2.05) is 30.3 Å². The molecule has 0 aliphatic carbocycles.